The number of nitrogens with two attached hydrogens (primary N) is 1. The third-order valence-electron chi connectivity index (χ3n) is 5.04. The summed E-state index contributed by atoms with van der Waals surface area (Å²) in [6.07, 6.45) is 1.79. The molecule has 0 spiro atoms. The Morgan fingerprint density at radius 1 is 1.34 bits per heavy atom. The monoisotopic (exact) mass is 423 g/mol. The van der Waals surface area contributed by atoms with Crippen molar-refractivity contribution in [2.45, 2.75) is 31.2 Å². The number of H-pyrrole nitrogens is 1. The maximum Gasteiger partial charge on any atom is 0.271 e. The summed E-state index contributed by atoms with van der Waals surface area (Å²) in [7, 11) is 0. The van der Waals surface area contributed by atoms with Gasteiger partial charge in [-0.05, 0) is 24.6 Å². The highest BCUT2D eigenvalue weighted by atomic mass is 35.5. The fourth-order valence-electron chi connectivity index (χ4n) is 3.63. The van der Waals surface area contributed by atoms with Gasteiger partial charge in [0.2, 0.25) is 0 Å². The fraction of sp³-hybridized carbons (Fsp3) is 0.316. The molecule has 0 bridgehead atoms. The molecule has 0 unspecified atom stereocenters. The van der Waals surface area contributed by atoms with Crippen LogP contribution in [-0.2, 0) is 0 Å². The minimum absolute atomic E-state index is 0.0122. The van der Waals surface area contributed by atoms with E-state index in [1.165, 1.54) is 24.5 Å². The second-order valence-electron chi connectivity index (χ2n) is 7.48. The largest absolute Gasteiger partial charge is 0.353 e. The molecule has 6 nitrogen and oxygen atoms in total. The van der Waals surface area contributed by atoms with Crippen LogP contribution in [0, 0.1) is 12.7 Å². The van der Waals surface area contributed by atoms with Crippen LogP contribution in [-0.4, -0.2) is 38.9 Å². The molecule has 0 atom stereocenters. The van der Waals surface area contributed by atoms with Crippen molar-refractivity contribution in [1.29, 1.82) is 0 Å². The van der Waals surface area contributed by atoms with E-state index in [0.717, 1.165) is 5.56 Å². The Bertz CT molecular complexity index is 1120. The number of benzene rings is 1. The van der Waals surface area contributed by atoms with Gasteiger partial charge in [0, 0.05) is 35.8 Å². The molecule has 1 aliphatic rings. The first kappa shape index (κ1) is 19.7. The summed E-state index contributed by atoms with van der Waals surface area (Å²) in [4.78, 5) is 23.8. The average Bonchev–Trinajstić information content (AvgIpc) is 2.94. The van der Waals surface area contributed by atoms with Crippen LogP contribution in [0.15, 0.2) is 24.5 Å². The minimum Gasteiger partial charge on any atom is -0.353 e. The van der Waals surface area contributed by atoms with Crippen LogP contribution in [0.4, 0.5) is 13.2 Å². The number of aromatic nitrogens is 3. The lowest BCUT2D eigenvalue weighted by atomic mass is 9.74. The molecule has 152 valence electrons. The van der Waals surface area contributed by atoms with Gasteiger partial charge in [0.15, 0.2) is 0 Å². The van der Waals surface area contributed by atoms with Gasteiger partial charge in [-0.15, -0.1) is 0 Å². The summed E-state index contributed by atoms with van der Waals surface area (Å²) in [5.41, 5.74) is 7.01. The molecule has 0 radical (unpaired) electrons. The SMILES string of the molecule is Cc1c(-c2cncc(C(=O)NCC3(N)CC(F)(F)C3)n2)[nH]c2cc(Cl)c(F)cc12. The van der Waals surface area contributed by atoms with Crippen molar-refractivity contribution < 1.29 is 18.0 Å². The number of hydrogen-bond donors (Lipinski definition) is 3. The smallest absolute Gasteiger partial charge is 0.271 e. The summed E-state index contributed by atoms with van der Waals surface area (Å²) in [5.74, 6) is -3.89. The first-order valence-electron chi connectivity index (χ1n) is 8.82. The summed E-state index contributed by atoms with van der Waals surface area (Å²) in [6.45, 7) is 1.70. The van der Waals surface area contributed by atoms with E-state index in [4.69, 9.17) is 17.3 Å². The Hall–Kier alpha value is -2.65. The highest BCUT2D eigenvalue weighted by Gasteiger charge is 2.54. The third-order valence-corrected chi connectivity index (χ3v) is 5.33. The van der Waals surface area contributed by atoms with Crippen molar-refractivity contribution in [2.24, 2.45) is 5.73 Å². The number of nitrogens with zero attached hydrogens (tertiary/aromatic N) is 2. The Balaban J connectivity index is 1.57. The fourth-order valence-corrected chi connectivity index (χ4v) is 3.79. The number of rotatable bonds is 4. The molecule has 4 rings (SSSR count). The molecule has 0 aliphatic heterocycles. The lowest BCUT2D eigenvalue weighted by Gasteiger charge is -2.44. The standard InChI is InChI=1S/C19H17ClF3N5O/c1-9-10-2-12(21)11(20)3-13(10)28-16(9)14-4-25-5-15(27-14)17(29)26-8-18(24)6-19(22,23)7-18/h2-5,28H,6-8,24H2,1H3,(H,26,29). The predicted molar refractivity (Wildman–Crippen MR) is 102 cm³/mol. The van der Waals surface area contributed by atoms with Crippen molar-refractivity contribution in [3.63, 3.8) is 0 Å². The Morgan fingerprint density at radius 2 is 2.07 bits per heavy atom. The number of carbonyl (C=O) groups is 1. The van der Waals surface area contributed by atoms with Crippen LogP contribution in [0.25, 0.3) is 22.3 Å². The summed E-state index contributed by atoms with van der Waals surface area (Å²) in [5, 5.41) is 3.16. The van der Waals surface area contributed by atoms with Gasteiger partial charge in [-0.1, -0.05) is 11.6 Å². The summed E-state index contributed by atoms with van der Waals surface area (Å²) < 4.78 is 39.9. The van der Waals surface area contributed by atoms with Gasteiger partial charge in [0.1, 0.15) is 17.2 Å². The molecule has 4 N–H and O–H groups in total. The topological polar surface area (TPSA) is 96.7 Å². The highest BCUT2D eigenvalue weighted by Crippen LogP contribution is 2.43. The zero-order valence-corrected chi connectivity index (χ0v) is 16.1. The molecule has 1 saturated carbocycles. The van der Waals surface area contributed by atoms with Gasteiger partial charge in [0.25, 0.3) is 11.8 Å². The molecule has 1 amide bonds. The molecule has 1 aliphatic carbocycles. The van der Waals surface area contributed by atoms with Crippen molar-refractivity contribution in [2.75, 3.05) is 6.54 Å². The maximum atomic E-state index is 13.8. The van der Waals surface area contributed by atoms with E-state index in [2.05, 4.69) is 20.3 Å². The van der Waals surface area contributed by atoms with Crippen molar-refractivity contribution in [3.8, 4) is 11.4 Å². The van der Waals surface area contributed by atoms with E-state index >= 15 is 0 Å². The normalized spacial score (nSPS) is 17.2. The van der Waals surface area contributed by atoms with Crippen molar-refractivity contribution >= 4 is 28.4 Å². The van der Waals surface area contributed by atoms with E-state index in [1.54, 1.807) is 6.92 Å². The van der Waals surface area contributed by atoms with Gasteiger partial charge in [0.05, 0.1) is 23.1 Å². The van der Waals surface area contributed by atoms with Crippen LogP contribution in [0.5, 0.6) is 0 Å². The molecular formula is C19H17ClF3N5O. The van der Waals surface area contributed by atoms with Gasteiger partial charge in [-0.25, -0.2) is 18.2 Å². The van der Waals surface area contributed by atoms with Crippen molar-refractivity contribution in [3.05, 3.63) is 46.6 Å². The van der Waals surface area contributed by atoms with Gasteiger partial charge < -0.3 is 16.0 Å². The van der Waals surface area contributed by atoms with Gasteiger partial charge >= 0.3 is 0 Å². The molecular weight excluding hydrogens is 407 g/mol. The Labute approximate surface area is 168 Å². The number of hydrogen-bond acceptors (Lipinski definition) is 4. The van der Waals surface area contributed by atoms with E-state index in [1.807, 2.05) is 0 Å². The van der Waals surface area contributed by atoms with Crippen molar-refractivity contribution in [1.82, 2.24) is 20.3 Å². The third kappa shape index (κ3) is 3.67. The van der Waals surface area contributed by atoms with Crippen LogP contribution in [0.3, 0.4) is 0 Å². The second kappa shape index (κ2) is 6.70. The lowest BCUT2D eigenvalue weighted by Crippen LogP contribution is -2.63. The molecule has 1 fully saturated rings. The Morgan fingerprint density at radius 3 is 2.76 bits per heavy atom. The van der Waals surface area contributed by atoms with Crippen LogP contribution >= 0.6 is 11.6 Å². The molecule has 1 aromatic carbocycles. The summed E-state index contributed by atoms with van der Waals surface area (Å²) >= 11 is 5.83. The molecule has 29 heavy (non-hydrogen) atoms. The molecule has 10 heteroatoms. The number of halogens is 4. The second-order valence-corrected chi connectivity index (χ2v) is 7.89. The molecule has 2 heterocycles. The van der Waals surface area contributed by atoms with Crippen LogP contribution in [0.2, 0.25) is 5.02 Å². The quantitative estimate of drug-likeness (QED) is 0.597. The number of nitrogens with one attached hydrogen (secondary N) is 2. The number of fused-ring (bicyclic) bond motifs is 1. The first-order valence-corrected chi connectivity index (χ1v) is 9.19. The Kier molecular flexibility index (Phi) is 4.54. The number of amides is 1. The predicted octanol–water partition coefficient (Wildman–Crippen LogP) is 3.58. The molecule has 0 saturated heterocycles. The average molecular weight is 424 g/mol. The molecule has 3 aromatic rings. The minimum atomic E-state index is -2.78. The van der Waals surface area contributed by atoms with E-state index in [0.29, 0.717) is 22.3 Å². The van der Waals surface area contributed by atoms with E-state index in [9.17, 15) is 18.0 Å². The molecule has 2 aromatic heterocycles. The van der Waals surface area contributed by atoms with E-state index in [-0.39, 0.29) is 17.3 Å². The zero-order chi connectivity index (χ0) is 21.0. The van der Waals surface area contributed by atoms with Gasteiger partial charge in [-0.3, -0.25) is 9.78 Å². The zero-order valence-electron chi connectivity index (χ0n) is 15.3. The van der Waals surface area contributed by atoms with Crippen LogP contribution in [0.1, 0.15) is 28.9 Å². The number of carbonyl (C=O) groups excluding carboxylic acids is 1. The lowest BCUT2D eigenvalue weighted by molar-refractivity contribution is -0.120. The van der Waals surface area contributed by atoms with Crippen LogP contribution < -0.4 is 11.1 Å². The maximum absolute atomic E-state index is 13.8. The summed E-state index contributed by atoms with van der Waals surface area (Å²) in [6, 6.07) is 2.80. The first-order chi connectivity index (χ1) is 13.6. The van der Waals surface area contributed by atoms with E-state index < -0.39 is 36.0 Å². The number of aromatic amines is 1. The number of aryl methyl sites for hydroxylation is 1. The number of alkyl halides is 2. The highest BCUT2D eigenvalue weighted by molar-refractivity contribution is 6.31. The van der Waals surface area contributed by atoms with Gasteiger partial charge in [-0.2, -0.15) is 0 Å².